The average Bonchev–Trinajstić information content (AvgIpc) is 2.61. The van der Waals surface area contributed by atoms with Crippen molar-refractivity contribution in [2.24, 2.45) is 0 Å². The Morgan fingerprint density at radius 3 is 2.27 bits per heavy atom. The van der Waals surface area contributed by atoms with Gasteiger partial charge >= 0.3 is 0 Å². The first kappa shape index (κ1) is 20.1. The van der Waals surface area contributed by atoms with E-state index >= 15 is 0 Å². The van der Waals surface area contributed by atoms with Crippen LogP contribution in [0, 0.1) is 0 Å². The molecule has 26 heavy (non-hydrogen) atoms. The molecule has 1 amide bonds. The Bertz CT molecular complexity index is 728. The molecule has 0 heterocycles. The van der Waals surface area contributed by atoms with E-state index in [2.05, 4.69) is 5.32 Å². The number of nitrogens with zero attached hydrogens (tertiary/aromatic N) is 1. The number of halogens is 1. The highest BCUT2D eigenvalue weighted by Gasteiger charge is 2.30. The summed E-state index contributed by atoms with van der Waals surface area (Å²) in [4.78, 5) is 14.4. The molecule has 6 heteroatoms. The zero-order valence-corrected chi connectivity index (χ0v) is 16.2. The van der Waals surface area contributed by atoms with Crippen molar-refractivity contribution < 1.29 is 14.6 Å². The zero-order valence-electron chi connectivity index (χ0n) is 15.5. The van der Waals surface area contributed by atoms with E-state index in [1.165, 1.54) is 0 Å². The third-order valence-electron chi connectivity index (χ3n) is 3.98. The van der Waals surface area contributed by atoms with Crippen molar-refractivity contribution in [1.82, 2.24) is 5.32 Å². The Balaban J connectivity index is 1.92. The van der Waals surface area contributed by atoms with Gasteiger partial charge in [0.2, 0.25) is 0 Å². The molecule has 0 aliphatic rings. The molecule has 0 bridgehead atoms. The van der Waals surface area contributed by atoms with Crippen molar-refractivity contribution in [1.29, 1.82) is 0 Å². The molecular weight excluding hydrogens is 352 g/mol. The minimum atomic E-state index is -1.08. The summed E-state index contributed by atoms with van der Waals surface area (Å²) in [5.74, 6) is 0.241. The molecular formula is C20H25ClN2O3. The average molecular weight is 377 g/mol. The van der Waals surface area contributed by atoms with Crippen LogP contribution in [0.1, 0.15) is 25.5 Å². The monoisotopic (exact) mass is 376 g/mol. The second-order valence-electron chi connectivity index (χ2n) is 6.78. The van der Waals surface area contributed by atoms with Crippen LogP contribution in [0.3, 0.4) is 0 Å². The third-order valence-corrected chi connectivity index (χ3v) is 4.24. The molecule has 2 aromatic carbocycles. The largest absolute Gasteiger partial charge is 0.478 e. The highest BCUT2D eigenvalue weighted by Crippen LogP contribution is 2.22. The molecule has 2 N–H and O–H groups in total. The molecule has 0 fully saturated rings. The fourth-order valence-electron chi connectivity index (χ4n) is 2.36. The standard InChI is InChI=1S/C20H25ClN2O3/c1-20(2,26-17-11-7-15(21)8-12-17)19(25)22-13-18(24)14-5-9-16(10-6-14)23(3)4/h5-12,18,24H,13H2,1-4H3,(H,22,25)/t18-/m0/s1. The number of aliphatic hydroxyl groups excluding tert-OH is 1. The lowest BCUT2D eigenvalue weighted by Crippen LogP contribution is -2.47. The molecule has 2 rings (SSSR count). The molecule has 140 valence electrons. The predicted molar refractivity (Wildman–Crippen MR) is 105 cm³/mol. The van der Waals surface area contributed by atoms with Crippen LogP contribution in [0.2, 0.25) is 5.02 Å². The number of ether oxygens (including phenoxy) is 1. The van der Waals surface area contributed by atoms with E-state index in [4.69, 9.17) is 16.3 Å². The Hall–Kier alpha value is -2.24. The molecule has 0 saturated heterocycles. The van der Waals surface area contributed by atoms with Crippen molar-refractivity contribution in [2.75, 3.05) is 25.5 Å². The van der Waals surface area contributed by atoms with E-state index in [1.807, 2.05) is 43.3 Å². The normalized spacial score (nSPS) is 12.4. The third kappa shape index (κ3) is 5.38. The number of aliphatic hydroxyl groups is 1. The van der Waals surface area contributed by atoms with Gasteiger partial charge < -0.3 is 20.1 Å². The number of hydrogen-bond acceptors (Lipinski definition) is 4. The maximum Gasteiger partial charge on any atom is 0.263 e. The first-order chi connectivity index (χ1) is 12.2. The predicted octanol–water partition coefficient (Wildman–Crippen LogP) is 3.41. The summed E-state index contributed by atoms with van der Waals surface area (Å²) in [7, 11) is 3.91. The van der Waals surface area contributed by atoms with Gasteiger partial charge in [0.15, 0.2) is 5.60 Å². The van der Waals surface area contributed by atoms with Gasteiger partial charge in [-0.15, -0.1) is 0 Å². The van der Waals surface area contributed by atoms with Crippen molar-refractivity contribution in [3.05, 3.63) is 59.1 Å². The summed E-state index contributed by atoms with van der Waals surface area (Å²) in [6, 6.07) is 14.4. The Labute approximate surface area is 159 Å². The molecule has 0 aromatic heterocycles. The van der Waals surface area contributed by atoms with Gasteiger partial charge in [-0.05, 0) is 55.8 Å². The van der Waals surface area contributed by atoms with E-state index in [-0.39, 0.29) is 12.5 Å². The van der Waals surface area contributed by atoms with E-state index in [0.29, 0.717) is 10.8 Å². The van der Waals surface area contributed by atoms with Crippen LogP contribution in [0.5, 0.6) is 5.75 Å². The quantitative estimate of drug-likeness (QED) is 0.777. The van der Waals surface area contributed by atoms with Gasteiger partial charge in [0.1, 0.15) is 5.75 Å². The fraction of sp³-hybridized carbons (Fsp3) is 0.350. The van der Waals surface area contributed by atoms with Gasteiger partial charge in [-0.2, -0.15) is 0 Å². The van der Waals surface area contributed by atoms with Crippen molar-refractivity contribution >= 4 is 23.2 Å². The summed E-state index contributed by atoms with van der Waals surface area (Å²) in [5.41, 5.74) is 0.706. The lowest BCUT2D eigenvalue weighted by atomic mass is 10.1. The van der Waals surface area contributed by atoms with Gasteiger partial charge in [-0.3, -0.25) is 4.79 Å². The summed E-state index contributed by atoms with van der Waals surface area (Å²) in [6.45, 7) is 3.46. The molecule has 5 nitrogen and oxygen atoms in total. The smallest absolute Gasteiger partial charge is 0.263 e. The number of benzene rings is 2. The SMILES string of the molecule is CN(C)c1ccc([C@@H](O)CNC(=O)C(C)(C)Oc2ccc(Cl)cc2)cc1. The number of carbonyl (C=O) groups excluding carboxylic acids is 1. The Morgan fingerprint density at radius 2 is 1.73 bits per heavy atom. The molecule has 0 radical (unpaired) electrons. The van der Waals surface area contributed by atoms with E-state index in [1.54, 1.807) is 38.1 Å². The fourth-order valence-corrected chi connectivity index (χ4v) is 2.48. The number of anilines is 1. The van der Waals surface area contributed by atoms with Crippen LogP contribution >= 0.6 is 11.6 Å². The molecule has 0 saturated carbocycles. The van der Waals surface area contributed by atoms with Gasteiger partial charge in [0.25, 0.3) is 5.91 Å². The van der Waals surface area contributed by atoms with Crippen LogP contribution in [0.4, 0.5) is 5.69 Å². The minimum Gasteiger partial charge on any atom is -0.478 e. The molecule has 1 atom stereocenters. The zero-order chi connectivity index (χ0) is 19.3. The van der Waals surface area contributed by atoms with Gasteiger partial charge in [0, 0.05) is 31.4 Å². The van der Waals surface area contributed by atoms with E-state index in [0.717, 1.165) is 11.3 Å². The molecule has 0 unspecified atom stereocenters. The maximum atomic E-state index is 12.4. The van der Waals surface area contributed by atoms with Crippen LogP contribution in [0.25, 0.3) is 0 Å². The van der Waals surface area contributed by atoms with Gasteiger partial charge in [-0.25, -0.2) is 0 Å². The number of carbonyl (C=O) groups is 1. The van der Waals surface area contributed by atoms with Crippen molar-refractivity contribution in [3.63, 3.8) is 0 Å². The Kier molecular flexibility index (Phi) is 6.51. The van der Waals surface area contributed by atoms with Crippen molar-refractivity contribution in [3.8, 4) is 5.75 Å². The molecule has 0 aliphatic heterocycles. The number of rotatable bonds is 7. The molecule has 0 aliphatic carbocycles. The first-order valence-corrected chi connectivity index (χ1v) is 8.75. The van der Waals surface area contributed by atoms with Gasteiger partial charge in [0.05, 0.1) is 6.10 Å². The molecule has 2 aromatic rings. The van der Waals surface area contributed by atoms with Crippen molar-refractivity contribution in [2.45, 2.75) is 25.6 Å². The highest BCUT2D eigenvalue weighted by atomic mass is 35.5. The number of amides is 1. The second-order valence-corrected chi connectivity index (χ2v) is 7.21. The van der Waals surface area contributed by atoms with Crippen LogP contribution < -0.4 is 15.0 Å². The topological polar surface area (TPSA) is 61.8 Å². The summed E-state index contributed by atoms with van der Waals surface area (Å²) < 4.78 is 5.74. The number of nitrogens with one attached hydrogen (secondary N) is 1. The van der Waals surface area contributed by atoms with Crippen LogP contribution in [0.15, 0.2) is 48.5 Å². The lowest BCUT2D eigenvalue weighted by Gasteiger charge is -2.26. The van der Waals surface area contributed by atoms with Gasteiger partial charge in [-0.1, -0.05) is 23.7 Å². The highest BCUT2D eigenvalue weighted by molar-refractivity contribution is 6.30. The first-order valence-electron chi connectivity index (χ1n) is 8.37. The van der Waals surface area contributed by atoms with Crippen LogP contribution in [-0.4, -0.2) is 37.3 Å². The summed E-state index contributed by atoms with van der Waals surface area (Å²) >= 11 is 5.85. The second kappa shape index (κ2) is 8.43. The molecule has 0 spiro atoms. The maximum absolute atomic E-state index is 12.4. The van der Waals surface area contributed by atoms with E-state index in [9.17, 15) is 9.90 Å². The van der Waals surface area contributed by atoms with Crippen LogP contribution in [-0.2, 0) is 4.79 Å². The summed E-state index contributed by atoms with van der Waals surface area (Å²) in [5, 5.41) is 13.6. The summed E-state index contributed by atoms with van der Waals surface area (Å²) in [6.07, 6.45) is -0.790. The minimum absolute atomic E-state index is 0.105. The lowest BCUT2D eigenvalue weighted by molar-refractivity contribution is -0.134. The Morgan fingerprint density at radius 1 is 1.15 bits per heavy atom. The number of hydrogen-bond donors (Lipinski definition) is 2. The van der Waals surface area contributed by atoms with E-state index < -0.39 is 11.7 Å².